The number of aromatic nitrogens is 2. The molecule has 184 valence electrons. The molecule has 0 atom stereocenters. The van der Waals surface area contributed by atoms with Crippen molar-refractivity contribution in [2.45, 2.75) is 44.6 Å². The molecule has 3 heterocycles. The van der Waals surface area contributed by atoms with Gasteiger partial charge in [-0.1, -0.05) is 17.7 Å². The molecule has 1 amide bonds. The van der Waals surface area contributed by atoms with Crippen LogP contribution in [0.25, 0.3) is 20.7 Å². The van der Waals surface area contributed by atoms with Gasteiger partial charge in [-0.2, -0.15) is 0 Å². The van der Waals surface area contributed by atoms with E-state index in [9.17, 15) is 4.79 Å². The van der Waals surface area contributed by atoms with Crippen molar-refractivity contribution in [2.75, 3.05) is 25.0 Å². The third-order valence-electron chi connectivity index (χ3n) is 6.23. The lowest BCUT2D eigenvalue weighted by Gasteiger charge is -2.22. The highest BCUT2D eigenvalue weighted by Gasteiger charge is 2.25. The molecule has 2 aromatic heterocycles. The summed E-state index contributed by atoms with van der Waals surface area (Å²) < 4.78 is 1.05. The van der Waals surface area contributed by atoms with Crippen LogP contribution in [0.4, 0.5) is 5.95 Å². The Morgan fingerprint density at radius 3 is 2.74 bits per heavy atom. The Hall–Kier alpha value is -1.64. The number of amides is 1. The molecule has 2 fully saturated rings. The first-order valence-electron chi connectivity index (χ1n) is 11.5. The fourth-order valence-electron chi connectivity index (χ4n) is 4.25. The number of nitrogens with one attached hydrogen (secondary N) is 3. The van der Waals surface area contributed by atoms with Crippen molar-refractivity contribution in [1.82, 2.24) is 20.6 Å². The van der Waals surface area contributed by atoms with Gasteiger partial charge in [0.05, 0.1) is 16.1 Å². The fourth-order valence-corrected chi connectivity index (χ4v) is 5.59. The van der Waals surface area contributed by atoms with Gasteiger partial charge in [0, 0.05) is 28.2 Å². The number of carbonyl (C=O) groups is 1. The molecule has 10 heteroatoms. The normalized spacial score (nSPS) is 15.9. The zero-order chi connectivity index (χ0) is 21.9. The van der Waals surface area contributed by atoms with Crippen molar-refractivity contribution in [3.05, 3.63) is 41.0 Å². The van der Waals surface area contributed by atoms with Crippen molar-refractivity contribution in [3.63, 3.8) is 0 Å². The van der Waals surface area contributed by atoms with E-state index in [1.165, 1.54) is 19.3 Å². The summed E-state index contributed by atoms with van der Waals surface area (Å²) >= 11 is 8.07. The molecule has 1 aliphatic heterocycles. The summed E-state index contributed by atoms with van der Waals surface area (Å²) in [5.74, 6) is 1.41. The highest BCUT2D eigenvalue weighted by molar-refractivity contribution is 7.22. The Balaban J connectivity index is 0.00000162. The van der Waals surface area contributed by atoms with Gasteiger partial charge < -0.3 is 16.0 Å². The molecule has 1 saturated carbocycles. The van der Waals surface area contributed by atoms with Gasteiger partial charge in [0.2, 0.25) is 5.95 Å². The predicted molar refractivity (Wildman–Crippen MR) is 146 cm³/mol. The number of piperidine rings is 1. The molecule has 0 unspecified atom stereocenters. The average Bonchev–Trinajstić information content (AvgIpc) is 3.52. The number of carbonyl (C=O) groups excluding carboxylic acids is 1. The SMILES string of the molecule is Cl.Cl.O=C(NC1CC1)c1cccc2sc(-c3nc(NCCCC4CCNCC4)ncc3Cl)cc12. The first-order valence-corrected chi connectivity index (χ1v) is 12.7. The van der Waals surface area contributed by atoms with Crippen molar-refractivity contribution in [2.24, 2.45) is 5.92 Å². The lowest BCUT2D eigenvalue weighted by Crippen LogP contribution is -2.27. The zero-order valence-electron chi connectivity index (χ0n) is 18.8. The number of nitrogens with zero attached hydrogens (tertiary/aromatic N) is 2. The zero-order valence-corrected chi connectivity index (χ0v) is 22.0. The maximum atomic E-state index is 12.7. The third-order valence-corrected chi connectivity index (χ3v) is 7.61. The van der Waals surface area contributed by atoms with E-state index < -0.39 is 0 Å². The topological polar surface area (TPSA) is 78.9 Å². The van der Waals surface area contributed by atoms with Crippen molar-refractivity contribution >= 4 is 69.7 Å². The van der Waals surface area contributed by atoms with E-state index in [1.807, 2.05) is 24.3 Å². The fraction of sp³-hybridized carbons (Fsp3) is 0.458. The molecule has 3 N–H and O–H groups in total. The second-order valence-corrected chi connectivity index (χ2v) is 10.2. The van der Waals surface area contributed by atoms with Crippen molar-refractivity contribution in [1.29, 1.82) is 0 Å². The smallest absolute Gasteiger partial charge is 0.252 e. The van der Waals surface area contributed by atoms with Crippen LogP contribution in [0.5, 0.6) is 0 Å². The van der Waals surface area contributed by atoms with Crippen LogP contribution in [-0.2, 0) is 0 Å². The second-order valence-electron chi connectivity index (χ2n) is 8.73. The van der Waals surface area contributed by atoms with Gasteiger partial charge in [-0.15, -0.1) is 36.2 Å². The Kier molecular flexibility index (Phi) is 9.80. The van der Waals surface area contributed by atoms with Crippen LogP contribution >= 0.6 is 47.8 Å². The van der Waals surface area contributed by atoms with Gasteiger partial charge in [0.25, 0.3) is 5.91 Å². The molecule has 1 saturated heterocycles. The molecule has 0 bridgehead atoms. The number of halogens is 3. The van der Waals surface area contributed by atoms with E-state index in [-0.39, 0.29) is 30.7 Å². The maximum Gasteiger partial charge on any atom is 0.252 e. The van der Waals surface area contributed by atoms with E-state index >= 15 is 0 Å². The van der Waals surface area contributed by atoms with Crippen LogP contribution in [0.3, 0.4) is 0 Å². The summed E-state index contributed by atoms with van der Waals surface area (Å²) in [6, 6.07) is 8.20. The lowest BCUT2D eigenvalue weighted by atomic mass is 9.93. The Labute approximate surface area is 221 Å². The van der Waals surface area contributed by atoms with Crippen LogP contribution < -0.4 is 16.0 Å². The highest BCUT2D eigenvalue weighted by atomic mass is 35.5. The molecular formula is C24H30Cl3N5OS. The Morgan fingerprint density at radius 1 is 1.18 bits per heavy atom. The van der Waals surface area contributed by atoms with E-state index in [2.05, 4.69) is 20.9 Å². The van der Waals surface area contributed by atoms with Crippen LogP contribution in [-0.4, -0.2) is 41.6 Å². The summed E-state index contributed by atoms with van der Waals surface area (Å²) in [5, 5.41) is 11.3. The minimum Gasteiger partial charge on any atom is -0.354 e. The molecule has 1 aliphatic carbocycles. The highest BCUT2D eigenvalue weighted by Crippen LogP contribution is 2.37. The number of fused-ring (bicyclic) bond motifs is 1. The minimum atomic E-state index is -0.00710. The summed E-state index contributed by atoms with van der Waals surface area (Å²) in [5.41, 5.74) is 1.41. The van der Waals surface area contributed by atoms with Crippen LogP contribution in [0.2, 0.25) is 5.02 Å². The van der Waals surface area contributed by atoms with Gasteiger partial charge in [-0.3, -0.25) is 4.79 Å². The van der Waals surface area contributed by atoms with Gasteiger partial charge in [-0.05, 0) is 75.7 Å². The lowest BCUT2D eigenvalue weighted by molar-refractivity contribution is 0.0953. The number of hydrogen-bond donors (Lipinski definition) is 3. The van der Waals surface area contributed by atoms with E-state index in [0.29, 0.717) is 28.3 Å². The van der Waals surface area contributed by atoms with E-state index in [4.69, 9.17) is 16.6 Å². The van der Waals surface area contributed by atoms with E-state index in [0.717, 1.165) is 59.8 Å². The number of thiophene rings is 1. The summed E-state index contributed by atoms with van der Waals surface area (Å²) in [7, 11) is 0. The molecule has 5 rings (SSSR count). The molecule has 2 aliphatic rings. The minimum absolute atomic E-state index is 0. The first kappa shape index (κ1) is 27.0. The van der Waals surface area contributed by atoms with Crippen LogP contribution in [0.1, 0.15) is 48.9 Å². The van der Waals surface area contributed by atoms with Crippen LogP contribution in [0, 0.1) is 5.92 Å². The van der Waals surface area contributed by atoms with E-state index in [1.54, 1.807) is 17.5 Å². The van der Waals surface area contributed by atoms with Gasteiger partial charge in [0.15, 0.2) is 0 Å². The van der Waals surface area contributed by atoms with Gasteiger partial charge in [0.1, 0.15) is 5.69 Å². The van der Waals surface area contributed by atoms with Crippen molar-refractivity contribution in [3.8, 4) is 10.6 Å². The summed E-state index contributed by atoms with van der Waals surface area (Å²) in [6.45, 7) is 3.13. The Bertz CT molecular complexity index is 1120. The Morgan fingerprint density at radius 2 is 1.97 bits per heavy atom. The molecule has 0 radical (unpaired) electrons. The number of benzene rings is 1. The second kappa shape index (κ2) is 12.4. The summed E-state index contributed by atoms with van der Waals surface area (Å²) in [4.78, 5) is 22.7. The largest absolute Gasteiger partial charge is 0.354 e. The van der Waals surface area contributed by atoms with Gasteiger partial charge in [-0.25, -0.2) is 9.97 Å². The predicted octanol–water partition coefficient (Wildman–Crippen LogP) is 5.94. The standard InChI is InChI=1S/C24H28ClN5OS.2ClH/c25-19-14-28-24(27-10-2-3-15-8-11-26-12-9-15)30-22(19)21-13-18-17(4-1-5-20(18)32-21)23(31)29-16-6-7-16;;/h1,4-5,13-16,26H,2-3,6-12H2,(H,29,31)(H,27,28,30);2*1H. The molecule has 34 heavy (non-hydrogen) atoms. The van der Waals surface area contributed by atoms with Crippen LogP contribution in [0.15, 0.2) is 30.5 Å². The quantitative estimate of drug-likeness (QED) is 0.307. The monoisotopic (exact) mass is 541 g/mol. The first-order chi connectivity index (χ1) is 15.7. The third kappa shape index (κ3) is 6.52. The number of hydrogen-bond acceptors (Lipinski definition) is 6. The molecular weight excluding hydrogens is 513 g/mol. The molecule has 6 nitrogen and oxygen atoms in total. The van der Waals surface area contributed by atoms with Crippen molar-refractivity contribution < 1.29 is 4.79 Å². The number of rotatable bonds is 8. The number of anilines is 1. The maximum absolute atomic E-state index is 12.7. The molecule has 0 spiro atoms. The molecule has 3 aromatic rings. The van der Waals surface area contributed by atoms with Gasteiger partial charge >= 0.3 is 0 Å². The summed E-state index contributed by atoms with van der Waals surface area (Å²) in [6.07, 6.45) is 8.68. The molecule has 1 aromatic carbocycles. The average molecular weight is 543 g/mol.